The molecule has 0 atom stereocenters. The van der Waals surface area contributed by atoms with Crippen LogP contribution in [0.25, 0.3) is 0 Å². The van der Waals surface area contributed by atoms with Crippen LogP contribution in [0.5, 0.6) is 11.5 Å². The molecular weight excluding hydrogens is 386 g/mol. The number of rotatable bonds is 9. The molecule has 0 aliphatic rings. The van der Waals surface area contributed by atoms with Crippen LogP contribution in [-0.4, -0.2) is 47.5 Å². The molecule has 1 N–H and O–H groups in total. The van der Waals surface area contributed by atoms with E-state index in [9.17, 15) is 18.0 Å². The Morgan fingerprint density at radius 2 is 1.79 bits per heavy atom. The summed E-state index contributed by atoms with van der Waals surface area (Å²) in [6.45, 7) is 1.34. The molecule has 8 nitrogen and oxygen atoms in total. The summed E-state index contributed by atoms with van der Waals surface area (Å²) in [5.74, 6) is -0.470. The topological polar surface area (TPSA) is 108 Å². The van der Waals surface area contributed by atoms with Crippen molar-refractivity contribution in [3.63, 3.8) is 0 Å². The molecule has 0 saturated heterocycles. The Balaban J connectivity index is 2.11. The molecular formula is C19H21NO7S. The fourth-order valence-electron chi connectivity index (χ4n) is 2.38. The van der Waals surface area contributed by atoms with Gasteiger partial charge in [0.05, 0.1) is 30.2 Å². The molecule has 0 heterocycles. The zero-order valence-electron chi connectivity index (χ0n) is 15.7. The number of Topliss-reactive ketones (excluding diaryl/α,β-unsaturated/α-hetero) is 1. The van der Waals surface area contributed by atoms with Crippen molar-refractivity contribution in [2.45, 2.75) is 11.8 Å². The van der Waals surface area contributed by atoms with Crippen molar-refractivity contribution in [2.24, 2.45) is 0 Å². The molecule has 2 aromatic rings. The van der Waals surface area contributed by atoms with Gasteiger partial charge in [-0.25, -0.2) is 17.9 Å². The number of esters is 1. The molecule has 2 rings (SSSR count). The summed E-state index contributed by atoms with van der Waals surface area (Å²) in [7, 11) is -0.810. The monoisotopic (exact) mass is 407 g/mol. The Morgan fingerprint density at radius 1 is 1.04 bits per heavy atom. The Kier molecular flexibility index (Phi) is 7.13. The number of ketones is 1. The van der Waals surface area contributed by atoms with E-state index in [1.54, 1.807) is 19.1 Å². The number of methoxy groups -OCH3 is 2. The maximum Gasteiger partial charge on any atom is 0.338 e. The molecule has 0 amide bonds. The van der Waals surface area contributed by atoms with Crippen LogP contribution < -0.4 is 14.2 Å². The first kappa shape index (κ1) is 21.4. The largest absolute Gasteiger partial charge is 0.497 e. The van der Waals surface area contributed by atoms with Crippen LogP contribution in [-0.2, 0) is 14.8 Å². The average molecular weight is 407 g/mol. The second-order valence-corrected chi connectivity index (χ2v) is 7.36. The van der Waals surface area contributed by atoms with E-state index in [1.807, 2.05) is 0 Å². The molecule has 0 bridgehead atoms. The lowest BCUT2D eigenvalue weighted by Gasteiger charge is -2.10. The summed E-state index contributed by atoms with van der Waals surface area (Å²) < 4.78 is 41.7. The molecule has 0 unspecified atom stereocenters. The first-order valence-corrected chi connectivity index (χ1v) is 9.82. The maximum absolute atomic E-state index is 12.4. The maximum atomic E-state index is 12.4. The quantitative estimate of drug-likeness (QED) is 0.500. The Morgan fingerprint density at radius 3 is 2.43 bits per heavy atom. The second kappa shape index (κ2) is 9.34. The first-order chi connectivity index (χ1) is 13.3. The number of carbonyl (C=O) groups is 2. The van der Waals surface area contributed by atoms with Crippen molar-refractivity contribution in [1.82, 2.24) is 4.72 Å². The van der Waals surface area contributed by atoms with E-state index in [0.717, 1.165) is 0 Å². The molecule has 2 aromatic carbocycles. The van der Waals surface area contributed by atoms with E-state index >= 15 is 0 Å². The minimum atomic E-state index is -3.71. The van der Waals surface area contributed by atoms with Crippen molar-refractivity contribution in [3.8, 4) is 11.5 Å². The van der Waals surface area contributed by atoms with Gasteiger partial charge in [-0.3, -0.25) is 4.79 Å². The van der Waals surface area contributed by atoms with Gasteiger partial charge < -0.3 is 14.2 Å². The molecule has 0 aliphatic heterocycles. The third-order valence-corrected chi connectivity index (χ3v) is 5.30. The molecule has 0 spiro atoms. The number of hydrogen-bond acceptors (Lipinski definition) is 7. The van der Waals surface area contributed by atoms with Gasteiger partial charge in [0.2, 0.25) is 15.8 Å². The normalized spacial score (nSPS) is 11.0. The summed E-state index contributed by atoms with van der Waals surface area (Å²) in [6.07, 6.45) is 0. The standard InChI is InChI=1S/C19H21NO7S/c1-4-20-28(23,24)15-7-5-6-13(10-15)19(22)27-12-17(21)16-9-8-14(25-2)11-18(16)26-3/h5-11,20H,4,12H2,1-3H3. The first-order valence-electron chi connectivity index (χ1n) is 8.34. The predicted octanol–water partition coefficient (Wildman–Crippen LogP) is 2.04. The van der Waals surface area contributed by atoms with E-state index in [2.05, 4.69) is 4.72 Å². The molecule has 0 fully saturated rings. The van der Waals surface area contributed by atoms with E-state index < -0.39 is 28.4 Å². The van der Waals surface area contributed by atoms with Gasteiger partial charge >= 0.3 is 5.97 Å². The summed E-state index contributed by atoms with van der Waals surface area (Å²) >= 11 is 0. The molecule has 0 saturated carbocycles. The van der Waals surface area contributed by atoms with E-state index in [4.69, 9.17) is 14.2 Å². The van der Waals surface area contributed by atoms with Crippen molar-refractivity contribution >= 4 is 21.8 Å². The molecule has 150 valence electrons. The summed E-state index contributed by atoms with van der Waals surface area (Å²) in [5.41, 5.74) is 0.257. The third-order valence-electron chi connectivity index (χ3n) is 3.76. The van der Waals surface area contributed by atoms with Gasteiger partial charge in [-0.1, -0.05) is 13.0 Å². The predicted molar refractivity (Wildman–Crippen MR) is 101 cm³/mol. The van der Waals surface area contributed by atoms with Crippen LogP contribution in [0.3, 0.4) is 0 Å². The van der Waals surface area contributed by atoms with Crippen LogP contribution in [0.1, 0.15) is 27.6 Å². The highest BCUT2D eigenvalue weighted by Gasteiger charge is 2.18. The van der Waals surface area contributed by atoms with Crippen LogP contribution in [0.2, 0.25) is 0 Å². The Hall–Kier alpha value is -2.91. The fraction of sp³-hybridized carbons (Fsp3) is 0.263. The van der Waals surface area contributed by atoms with Crippen molar-refractivity contribution in [2.75, 3.05) is 27.4 Å². The molecule has 9 heteroatoms. The van der Waals surface area contributed by atoms with Gasteiger partial charge in [-0.05, 0) is 30.3 Å². The number of ether oxygens (including phenoxy) is 3. The second-order valence-electron chi connectivity index (χ2n) is 5.59. The molecule has 0 aliphatic carbocycles. The van der Waals surface area contributed by atoms with Gasteiger partial charge in [-0.2, -0.15) is 0 Å². The Labute approximate surface area is 163 Å². The summed E-state index contributed by atoms with van der Waals surface area (Å²) in [5, 5.41) is 0. The lowest BCUT2D eigenvalue weighted by atomic mass is 10.1. The highest BCUT2D eigenvalue weighted by molar-refractivity contribution is 7.89. The van der Waals surface area contributed by atoms with Crippen LogP contribution in [0.4, 0.5) is 0 Å². The van der Waals surface area contributed by atoms with E-state index in [-0.39, 0.29) is 22.6 Å². The molecule has 28 heavy (non-hydrogen) atoms. The minimum Gasteiger partial charge on any atom is -0.497 e. The van der Waals surface area contributed by atoms with Crippen LogP contribution in [0, 0.1) is 0 Å². The Bertz CT molecular complexity index is 970. The average Bonchev–Trinajstić information content (AvgIpc) is 2.71. The SMILES string of the molecule is CCNS(=O)(=O)c1cccc(C(=O)OCC(=O)c2ccc(OC)cc2OC)c1. The molecule has 0 radical (unpaired) electrons. The molecule has 0 aromatic heterocycles. The third kappa shape index (κ3) is 5.08. The van der Waals surface area contributed by atoms with Crippen LogP contribution >= 0.6 is 0 Å². The lowest BCUT2D eigenvalue weighted by Crippen LogP contribution is -2.23. The fourth-order valence-corrected chi connectivity index (χ4v) is 3.47. The number of carbonyl (C=O) groups excluding carboxylic acids is 2. The number of sulfonamides is 1. The van der Waals surface area contributed by atoms with E-state index in [1.165, 1.54) is 44.6 Å². The van der Waals surface area contributed by atoms with Gasteiger partial charge in [-0.15, -0.1) is 0 Å². The van der Waals surface area contributed by atoms with Crippen molar-refractivity contribution in [1.29, 1.82) is 0 Å². The highest BCUT2D eigenvalue weighted by Crippen LogP contribution is 2.25. The number of nitrogens with one attached hydrogen (secondary N) is 1. The minimum absolute atomic E-state index is 0.0217. The van der Waals surface area contributed by atoms with Crippen molar-refractivity contribution in [3.05, 3.63) is 53.6 Å². The van der Waals surface area contributed by atoms with Gasteiger partial charge in [0.15, 0.2) is 6.61 Å². The van der Waals surface area contributed by atoms with Crippen LogP contribution in [0.15, 0.2) is 47.4 Å². The number of hydrogen-bond donors (Lipinski definition) is 1. The smallest absolute Gasteiger partial charge is 0.338 e. The lowest BCUT2D eigenvalue weighted by molar-refractivity contribution is 0.0473. The summed E-state index contributed by atoms with van der Waals surface area (Å²) in [6, 6.07) is 10.0. The zero-order valence-corrected chi connectivity index (χ0v) is 16.5. The van der Waals surface area contributed by atoms with E-state index in [0.29, 0.717) is 11.5 Å². The highest BCUT2D eigenvalue weighted by atomic mass is 32.2. The van der Waals surface area contributed by atoms with Crippen molar-refractivity contribution < 1.29 is 32.2 Å². The van der Waals surface area contributed by atoms with Gasteiger partial charge in [0.25, 0.3) is 0 Å². The zero-order chi connectivity index (χ0) is 20.7. The van der Waals surface area contributed by atoms with Gasteiger partial charge in [0.1, 0.15) is 11.5 Å². The number of benzene rings is 2. The van der Waals surface area contributed by atoms with Gasteiger partial charge in [0, 0.05) is 12.6 Å². The summed E-state index contributed by atoms with van der Waals surface area (Å²) in [4.78, 5) is 24.5.